The summed E-state index contributed by atoms with van der Waals surface area (Å²) in [6.45, 7) is 1.40. The Bertz CT molecular complexity index is 929. The Morgan fingerprint density at radius 1 is 1.19 bits per heavy atom. The first-order valence-corrected chi connectivity index (χ1v) is 8.48. The number of carbonyl (C=O) groups excluding carboxylic acids is 2. The van der Waals surface area contributed by atoms with E-state index in [1.807, 2.05) is 30.3 Å². The second-order valence-corrected chi connectivity index (χ2v) is 6.01. The van der Waals surface area contributed by atoms with E-state index in [2.05, 4.69) is 15.0 Å². The Balaban J connectivity index is 1.72. The molecule has 26 heavy (non-hydrogen) atoms. The first-order valence-electron chi connectivity index (χ1n) is 7.60. The molecule has 0 spiro atoms. The lowest BCUT2D eigenvalue weighted by atomic mass is 10.3. The number of carbonyl (C=O) groups is 2. The molecule has 8 nitrogen and oxygen atoms in total. The third kappa shape index (κ3) is 3.83. The van der Waals surface area contributed by atoms with Crippen LogP contribution in [0.15, 0.2) is 48.1 Å². The average Bonchev–Trinajstić information content (AvgIpc) is 3.09. The van der Waals surface area contributed by atoms with Crippen molar-refractivity contribution in [2.75, 3.05) is 10.6 Å². The normalized spacial score (nSPS) is 10.3. The van der Waals surface area contributed by atoms with E-state index in [0.29, 0.717) is 16.5 Å². The second-order valence-electron chi connectivity index (χ2n) is 5.18. The zero-order chi connectivity index (χ0) is 18.5. The minimum Gasteiger partial charge on any atom is -0.454 e. The SMILES string of the molecule is CC(=O)N(c1ccccc1)c1nc(COC(=O)c2nccnc2N)cs1. The van der Waals surface area contributed by atoms with Crippen LogP contribution in [-0.2, 0) is 16.1 Å². The number of amides is 1. The summed E-state index contributed by atoms with van der Waals surface area (Å²) in [6.07, 6.45) is 2.75. The largest absolute Gasteiger partial charge is 0.454 e. The van der Waals surface area contributed by atoms with Crippen LogP contribution in [0.3, 0.4) is 0 Å². The fourth-order valence-electron chi connectivity index (χ4n) is 2.18. The zero-order valence-corrected chi connectivity index (χ0v) is 14.6. The van der Waals surface area contributed by atoms with E-state index in [9.17, 15) is 9.59 Å². The van der Waals surface area contributed by atoms with Gasteiger partial charge in [-0.25, -0.2) is 19.7 Å². The molecule has 0 aliphatic rings. The number of anilines is 3. The van der Waals surface area contributed by atoms with Crippen LogP contribution in [0.4, 0.5) is 16.6 Å². The average molecular weight is 369 g/mol. The molecule has 0 aliphatic carbocycles. The second kappa shape index (κ2) is 7.70. The van der Waals surface area contributed by atoms with Crippen molar-refractivity contribution >= 4 is 39.9 Å². The number of para-hydroxylation sites is 1. The number of esters is 1. The molecule has 9 heteroatoms. The molecule has 2 heterocycles. The predicted molar refractivity (Wildman–Crippen MR) is 96.9 cm³/mol. The summed E-state index contributed by atoms with van der Waals surface area (Å²) in [7, 11) is 0. The number of nitrogens with two attached hydrogens (primary N) is 1. The van der Waals surface area contributed by atoms with Crippen LogP contribution in [0.5, 0.6) is 0 Å². The van der Waals surface area contributed by atoms with Gasteiger partial charge in [0.15, 0.2) is 16.6 Å². The van der Waals surface area contributed by atoms with E-state index in [-0.39, 0.29) is 24.0 Å². The van der Waals surface area contributed by atoms with Gasteiger partial charge in [0.05, 0.1) is 11.4 Å². The van der Waals surface area contributed by atoms with Crippen LogP contribution < -0.4 is 10.6 Å². The summed E-state index contributed by atoms with van der Waals surface area (Å²) in [5.41, 5.74) is 6.79. The summed E-state index contributed by atoms with van der Waals surface area (Å²) in [4.78, 5) is 37.6. The molecule has 2 aromatic heterocycles. The molecule has 0 saturated carbocycles. The maximum atomic E-state index is 12.0. The molecule has 3 rings (SSSR count). The predicted octanol–water partition coefficient (Wildman–Crippen LogP) is 2.56. The van der Waals surface area contributed by atoms with E-state index in [1.165, 1.54) is 35.6 Å². The Labute approximate surface area is 153 Å². The van der Waals surface area contributed by atoms with Crippen molar-refractivity contribution in [2.45, 2.75) is 13.5 Å². The fraction of sp³-hybridized carbons (Fsp3) is 0.118. The summed E-state index contributed by atoms with van der Waals surface area (Å²) in [6, 6.07) is 9.19. The van der Waals surface area contributed by atoms with E-state index >= 15 is 0 Å². The highest BCUT2D eigenvalue weighted by Gasteiger charge is 2.19. The van der Waals surface area contributed by atoms with Gasteiger partial charge in [-0.3, -0.25) is 9.69 Å². The van der Waals surface area contributed by atoms with Gasteiger partial charge in [0, 0.05) is 24.7 Å². The number of hydrogen-bond donors (Lipinski definition) is 1. The van der Waals surface area contributed by atoms with Gasteiger partial charge in [0.1, 0.15) is 6.61 Å². The van der Waals surface area contributed by atoms with Gasteiger partial charge >= 0.3 is 5.97 Å². The molecular formula is C17H15N5O3S. The van der Waals surface area contributed by atoms with Crippen molar-refractivity contribution in [1.82, 2.24) is 15.0 Å². The smallest absolute Gasteiger partial charge is 0.361 e. The summed E-state index contributed by atoms with van der Waals surface area (Å²) >= 11 is 1.28. The number of hydrogen-bond acceptors (Lipinski definition) is 8. The molecule has 0 bridgehead atoms. The van der Waals surface area contributed by atoms with Gasteiger partial charge in [0.2, 0.25) is 5.91 Å². The zero-order valence-electron chi connectivity index (χ0n) is 13.8. The molecule has 132 valence electrons. The van der Waals surface area contributed by atoms with Crippen LogP contribution in [0.1, 0.15) is 23.1 Å². The Morgan fingerprint density at radius 3 is 2.62 bits per heavy atom. The van der Waals surface area contributed by atoms with E-state index in [0.717, 1.165) is 0 Å². The van der Waals surface area contributed by atoms with Crippen molar-refractivity contribution in [3.8, 4) is 0 Å². The molecule has 1 amide bonds. The quantitative estimate of drug-likeness (QED) is 0.688. The molecular weight excluding hydrogens is 354 g/mol. The Hall–Kier alpha value is -3.33. The third-order valence-corrected chi connectivity index (χ3v) is 4.21. The van der Waals surface area contributed by atoms with Crippen LogP contribution in [-0.4, -0.2) is 26.8 Å². The highest BCUT2D eigenvalue weighted by atomic mass is 32.1. The van der Waals surface area contributed by atoms with Gasteiger partial charge in [-0.15, -0.1) is 11.3 Å². The summed E-state index contributed by atoms with van der Waals surface area (Å²) < 4.78 is 5.17. The maximum Gasteiger partial charge on any atom is 0.361 e. The van der Waals surface area contributed by atoms with E-state index in [4.69, 9.17) is 10.5 Å². The molecule has 0 aliphatic heterocycles. The van der Waals surface area contributed by atoms with Crippen LogP contribution in [0, 0.1) is 0 Å². The number of aromatic nitrogens is 3. The minimum atomic E-state index is -0.684. The number of nitrogen functional groups attached to an aromatic ring is 1. The molecule has 1 aromatic carbocycles. The molecule has 0 unspecified atom stereocenters. The van der Waals surface area contributed by atoms with Crippen molar-refractivity contribution in [1.29, 1.82) is 0 Å². The standard InChI is InChI=1S/C17H15N5O3S/c1-11(23)22(13-5-3-2-4-6-13)17-21-12(10-26-17)9-25-16(24)14-15(18)20-8-7-19-14/h2-8,10H,9H2,1H3,(H2,18,20). The number of thiazole rings is 1. The lowest BCUT2D eigenvalue weighted by molar-refractivity contribution is -0.115. The Morgan fingerprint density at radius 2 is 1.92 bits per heavy atom. The maximum absolute atomic E-state index is 12.0. The lowest BCUT2D eigenvalue weighted by Crippen LogP contribution is -2.22. The monoisotopic (exact) mass is 369 g/mol. The molecule has 0 atom stereocenters. The summed E-state index contributed by atoms with van der Waals surface area (Å²) in [5, 5.41) is 2.22. The molecule has 3 aromatic rings. The number of benzene rings is 1. The van der Waals surface area contributed by atoms with Gasteiger partial charge < -0.3 is 10.5 Å². The van der Waals surface area contributed by atoms with Crippen molar-refractivity contribution in [3.05, 3.63) is 59.5 Å². The molecule has 0 saturated heterocycles. The molecule has 2 N–H and O–H groups in total. The highest BCUT2D eigenvalue weighted by Crippen LogP contribution is 2.28. The van der Waals surface area contributed by atoms with Crippen molar-refractivity contribution in [2.24, 2.45) is 0 Å². The van der Waals surface area contributed by atoms with Gasteiger partial charge in [0.25, 0.3) is 0 Å². The summed E-state index contributed by atoms with van der Waals surface area (Å²) in [5.74, 6) is -0.846. The molecule has 0 fully saturated rings. The topological polar surface area (TPSA) is 111 Å². The van der Waals surface area contributed by atoms with Crippen LogP contribution in [0.2, 0.25) is 0 Å². The number of nitrogens with zero attached hydrogens (tertiary/aromatic N) is 4. The number of ether oxygens (including phenoxy) is 1. The molecule has 0 radical (unpaired) electrons. The van der Waals surface area contributed by atoms with Crippen LogP contribution in [0.25, 0.3) is 0 Å². The first kappa shape index (κ1) is 17.5. The minimum absolute atomic E-state index is 0.00305. The van der Waals surface area contributed by atoms with Crippen molar-refractivity contribution in [3.63, 3.8) is 0 Å². The number of rotatable bonds is 5. The van der Waals surface area contributed by atoms with E-state index in [1.54, 1.807) is 5.38 Å². The highest BCUT2D eigenvalue weighted by molar-refractivity contribution is 7.14. The lowest BCUT2D eigenvalue weighted by Gasteiger charge is -2.17. The van der Waals surface area contributed by atoms with Crippen molar-refractivity contribution < 1.29 is 14.3 Å². The van der Waals surface area contributed by atoms with Gasteiger partial charge in [-0.05, 0) is 12.1 Å². The first-order chi connectivity index (χ1) is 12.6. The van der Waals surface area contributed by atoms with Crippen LogP contribution >= 0.6 is 11.3 Å². The van der Waals surface area contributed by atoms with E-state index < -0.39 is 5.97 Å². The van der Waals surface area contributed by atoms with Gasteiger partial charge in [-0.2, -0.15) is 0 Å². The Kier molecular flexibility index (Phi) is 5.18. The van der Waals surface area contributed by atoms with Gasteiger partial charge in [-0.1, -0.05) is 18.2 Å². The fourth-order valence-corrected chi connectivity index (χ4v) is 3.05. The third-order valence-electron chi connectivity index (χ3n) is 3.33.